The molecule has 2 fully saturated rings. The maximum absolute atomic E-state index is 12.1. The van der Waals surface area contributed by atoms with Crippen molar-refractivity contribution in [3.8, 4) is 0 Å². The Kier molecular flexibility index (Phi) is 4.75. The van der Waals surface area contributed by atoms with Crippen LogP contribution in [0.5, 0.6) is 0 Å². The molecule has 0 unspecified atom stereocenters. The Morgan fingerprint density at radius 2 is 1.88 bits per heavy atom. The van der Waals surface area contributed by atoms with E-state index in [4.69, 9.17) is 0 Å². The van der Waals surface area contributed by atoms with Gasteiger partial charge in [0.2, 0.25) is 5.91 Å². The number of nitrogens with zero attached hydrogens (tertiary/aromatic N) is 2. The lowest BCUT2D eigenvalue weighted by Gasteiger charge is -2.29. The summed E-state index contributed by atoms with van der Waals surface area (Å²) in [6, 6.07) is 6.04. The highest BCUT2D eigenvalue weighted by Gasteiger charge is 2.50. The van der Waals surface area contributed by atoms with Gasteiger partial charge in [0.05, 0.1) is 17.5 Å². The van der Waals surface area contributed by atoms with Crippen LogP contribution in [0, 0.1) is 0 Å². The number of rotatable bonds is 3. The summed E-state index contributed by atoms with van der Waals surface area (Å²) in [4.78, 5) is 17.8. The molecule has 5 nitrogen and oxygen atoms in total. The van der Waals surface area contributed by atoms with E-state index in [1.54, 1.807) is 0 Å². The van der Waals surface area contributed by atoms with E-state index in [1.807, 2.05) is 11.0 Å². The second-order valence-corrected chi connectivity index (χ2v) is 9.58. The molecule has 2 aliphatic heterocycles. The van der Waals surface area contributed by atoms with Gasteiger partial charge in [0, 0.05) is 17.9 Å². The van der Waals surface area contributed by atoms with E-state index in [2.05, 4.69) is 31.0 Å². The lowest BCUT2D eigenvalue weighted by atomic mass is 10.0. The first kappa shape index (κ1) is 17.5. The summed E-state index contributed by atoms with van der Waals surface area (Å²) in [5, 5.41) is 0.589. The third-order valence-electron chi connectivity index (χ3n) is 4.53. The number of para-hydroxylation sites is 1. The van der Waals surface area contributed by atoms with Crippen LogP contribution in [0.4, 0.5) is 5.69 Å². The van der Waals surface area contributed by atoms with Crippen LogP contribution in [0.1, 0.15) is 31.9 Å². The van der Waals surface area contributed by atoms with Crippen molar-refractivity contribution in [2.45, 2.75) is 44.9 Å². The van der Waals surface area contributed by atoms with Crippen molar-refractivity contribution in [2.75, 3.05) is 16.4 Å². The minimum absolute atomic E-state index is 0.0530. The third kappa shape index (κ3) is 3.11. The number of aryl methyl sites for hydroxylation is 2. The number of carbonyl (C=O) groups excluding carboxylic acids is 1. The Labute approximate surface area is 147 Å². The van der Waals surface area contributed by atoms with Crippen molar-refractivity contribution in [3.05, 3.63) is 29.3 Å². The van der Waals surface area contributed by atoms with Crippen LogP contribution in [0.15, 0.2) is 23.2 Å². The summed E-state index contributed by atoms with van der Waals surface area (Å²) in [6.45, 7) is 5.61. The molecule has 24 heavy (non-hydrogen) atoms. The number of hydrogen-bond donors (Lipinski definition) is 0. The topological polar surface area (TPSA) is 66.8 Å². The summed E-state index contributed by atoms with van der Waals surface area (Å²) in [6.07, 6.45) is 1.70. The van der Waals surface area contributed by atoms with Crippen LogP contribution >= 0.6 is 11.8 Å². The summed E-state index contributed by atoms with van der Waals surface area (Å²) in [5.41, 5.74) is 3.37. The van der Waals surface area contributed by atoms with Gasteiger partial charge in [0.1, 0.15) is 0 Å². The van der Waals surface area contributed by atoms with Gasteiger partial charge in [-0.05, 0) is 24.0 Å². The van der Waals surface area contributed by atoms with Gasteiger partial charge in [-0.3, -0.25) is 4.79 Å². The van der Waals surface area contributed by atoms with Crippen molar-refractivity contribution in [1.82, 2.24) is 0 Å². The van der Waals surface area contributed by atoms with Gasteiger partial charge in [-0.1, -0.05) is 43.8 Å². The number of amides is 1. The molecule has 2 heterocycles. The second-order valence-electron chi connectivity index (χ2n) is 6.22. The molecule has 0 saturated carbocycles. The third-order valence-corrected chi connectivity index (χ3v) is 7.74. The van der Waals surface area contributed by atoms with E-state index in [0.717, 1.165) is 29.7 Å². The monoisotopic (exact) mass is 366 g/mol. The molecule has 2 saturated heterocycles. The Bertz CT molecular complexity index is 780. The van der Waals surface area contributed by atoms with Crippen molar-refractivity contribution >= 4 is 38.4 Å². The Balaban J connectivity index is 2.16. The largest absolute Gasteiger partial charge is 0.315 e. The minimum atomic E-state index is -3.04. The normalized spacial score (nSPS) is 26.8. The molecule has 0 spiro atoms. The van der Waals surface area contributed by atoms with E-state index >= 15 is 0 Å². The molecule has 0 N–H and O–H groups in total. The van der Waals surface area contributed by atoms with Crippen molar-refractivity contribution < 1.29 is 13.2 Å². The Morgan fingerprint density at radius 1 is 1.25 bits per heavy atom. The van der Waals surface area contributed by atoms with Gasteiger partial charge in [-0.25, -0.2) is 8.42 Å². The molecule has 130 valence electrons. The molecule has 0 aromatic heterocycles. The summed E-state index contributed by atoms with van der Waals surface area (Å²) in [7, 11) is -3.04. The standard InChI is InChI=1S/C17H22N2O3S2/c1-4-12-7-6-8-13(5-2)16(12)19-14-9-24(21,22)10-15(14)23-17(19)18-11(3)20/h6-8,14-15H,4-5,9-10H2,1-3H3/t14-,15+/m0/s1. The molecule has 1 aromatic rings. The number of aliphatic imine (C=N–C) groups is 1. The highest BCUT2D eigenvalue weighted by Crippen LogP contribution is 2.43. The summed E-state index contributed by atoms with van der Waals surface area (Å²) >= 11 is 1.43. The number of carbonyl (C=O) groups is 1. The van der Waals surface area contributed by atoms with Crippen LogP contribution in [0.3, 0.4) is 0 Å². The van der Waals surface area contributed by atoms with Crippen LogP contribution in [0.25, 0.3) is 0 Å². The average molecular weight is 367 g/mol. The van der Waals surface area contributed by atoms with Gasteiger partial charge in [-0.15, -0.1) is 0 Å². The zero-order chi connectivity index (χ0) is 17.5. The van der Waals surface area contributed by atoms with Gasteiger partial charge in [0.15, 0.2) is 15.0 Å². The van der Waals surface area contributed by atoms with Gasteiger partial charge in [0.25, 0.3) is 0 Å². The fourth-order valence-corrected chi connectivity index (χ4v) is 7.43. The molecule has 0 radical (unpaired) electrons. The highest BCUT2D eigenvalue weighted by molar-refractivity contribution is 8.16. The molecule has 7 heteroatoms. The number of thioether (sulfide) groups is 1. The quantitative estimate of drug-likeness (QED) is 0.822. The van der Waals surface area contributed by atoms with E-state index in [1.165, 1.54) is 18.7 Å². The predicted octanol–water partition coefficient (Wildman–Crippen LogP) is 2.43. The smallest absolute Gasteiger partial charge is 0.244 e. The van der Waals surface area contributed by atoms with Crippen LogP contribution in [-0.2, 0) is 27.5 Å². The fraction of sp³-hybridized carbons (Fsp3) is 0.529. The molecule has 2 aliphatic rings. The maximum atomic E-state index is 12.1. The number of sulfone groups is 1. The lowest BCUT2D eigenvalue weighted by Crippen LogP contribution is -2.39. The zero-order valence-corrected chi connectivity index (χ0v) is 15.8. The SMILES string of the molecule is CCc1cccc(CC)c1N1C(=NC(C)=O)S[C@@H]2CS(=O)(=O)C[C@@H]21. The number of fused-ring (bicyclic) bond motifs is 1. The molecular formula is C17H22N2O3S2. The number of benzene rings is 1. The maximum Gasteiger partial charge on any atom is 0.244 e. The minimum Gasteiger partial charge on any atom is -0.315 e. The van der Waals surface area contributed by atoms with E-state index < -0.39 is 9.84 Å². The van der Waals surface area contributed by atoms with Crippen molar-refractivity contribution in [2.24, 2.45) is 4.99 Å². The zero-order valence-electron chi connectivity index (χ0n) is 14.2. The van der Waals surface area contributed by atoms with E-state index in [9.17, 15) is 13.2 Å². The molecular weight excluding hydrogens is 344 g/mol. The van der Waals surface area contributed by atoms with Crippen LogP contribution in [0.2, 0.25) is 0 Å². The first-order chi connectivity index (χ1) is 11.4. The van der Waals surface area contributed by atoms with E-state index in [-0.39, 0.29) is 28.7 Å². The molecule has 2 atom stereocenters. The Morgan fingerprint density at radius 3 is 2.42 bits per heavy atom. The average Bonchev–Trinajstić information content (AvgIpc) is 2.96. The molecule has 3 rings (SSSR count). The number of hydrogen-bond acceptors (Lipinski definition) is 4. The highest BCUT2D eigenvalue weighted by atomic mass is 32.2. The second kappa shape index (κ2) is 6.52. The molecule has 1 amide bonds. The summed E-state index contributed by atoms with van der Waals surface area (Å²) < 4.78 is 24.2. The van der Waals surface area contributed by atoms with Gasteiger partial charge in [-0.2, -0.15) is 4.99 Å². The first-order valence-corrected chi connectivity index (χ1v) is 10.9. The number of amidine groups is 1. The van der Waals surface area contributed by atoms with Crippen LogP contribution in [-0.4, -0.2) is 42.3 Å². The van der Waals surface area contributed by atoms with Gasteiger partial charge >= 0.3 is 0 Å². The first-order valence-electron chi connectivity index (χ1n) is 8.22. The van der Waals surface area contributed by atoms with E-state index in [0.29, 0.717) is 5.17 Å². The Hall–Kier alpha value is -1.34. The van der Waals surface area contributed by atoms with Crippen LogP contribution < -0.4 is 4.90 Å². The summed E-state index contributed by atoms with van der Waals surface area (Å²) in [5.74, 6) is 0.0336. The molecule has 0 aliphatic carbocycles. The molecule has 0 bridgehead atoms. The van der Waals surface area contributed by atoms with Crippen molar-refractivity contribution in [3.63, 3.8) is 0 Å². The number of anilines is 1. The molecule has 1 aromatic carbocycles. The fourth-order valence-electron chi connectivity index (χ4n) is 3.49. The predicted molar refractivity (Wildman–Crippen MR) is 99.6 cm³/mol. The lowest BCUT2D eigenvalue weighted by molar-refractivity contribution is -0.115. The van der Waals surface area contributed by atoms with Crippen molar-refractivity contribution in [1.29, 1.82) is 0 Å². The van der Waals surface area contributed by atoms with Gasteiger partial charge < -0.3 is 4.90 Å².